The number of anilines is 1. The number of benzene rings is 3. The normalized spacial score (nSPS) is 10.5. The zero-order chi connectivity index (χ0) is 21.8. The minimum atomic E-state index is -0.855. The van der Waals surface area contributed by atoms with Gasteiger partial charge >= 0.3 is 11.7 Å². The molecule has 0 fully saturated rings. The fourth-order valence-corrected chi connectivity index (χ4v) is 2.93. The van der Waals surface area contributed by atoms with Gasteiger partial charge in [-0.3, -0.25) is 14.9 Å². The number of ether oxygens (including phenoxy) is 2. The van der Waals surface area contributed by atoms with Crippen molar-refractivity contribution < 1.29 is 29.1 Å². The maximum Gasteiger partial charge on any atom is 0.342 e. The van der Waals surface area contributed by atoms with E-state index in [0.29, 0.717) is 10.9 Å². The molecule has 1 amide bonds. The third-order valence-electron chi connectivity index (χ3n) is 4.45. The van der Waals surface area contributed by atoms with Gasteiger partial charge in [-0.1, -0.05) is 30.3 Å². The number of hydrogen-bond acceptors (Lipinski definition) is 7. The Morgan fingerprint density at radius 2 is 1.90 bits per heavy atom. The summed E-state index contributed by atoms with van der Waals surface area (Å²) in [6, 6.07) is 12.7. The number of nitro benzene ring substituents is 1. The lowest BCUT2D eigenvalue weighted by Crippen LogP contribution is -2.21. The van der Waals surface area contributed by atoms with E-state index < -0.39 is 23.4 Å². The number of nitrogens with zero attached hydrogens (tertiary/aromatic N) is 1. The molecule has 3 rings (SSSR count). The van der Waals surface area contributed by atoms with Gasteiger partial charge < -0.3 is 19.9 Å². The summed E-state index contributed by atoms with van der Waals surface area (Å²) < 4.78 is 9.98. The van der Waals surface area contributed by atoms with Gasteiger partial charge in [0.2, 0.25) is 0 Å². The van der Waals surface area contributed by atoms with Crippen molar-refractivity contribution in [2.45, 2.75) is 6.92 Å². The number of methoxy groups -OCH3 is 1. The van der Waals surface area contributed by atoms with E-state index in [1.54, 1.807) is 37.3 Å². The second-order valence-electron chi connectivity index (χ2n) is 6.40. The van der Waals surface area contributed by atoms with Crippen molar-refractivity contribution in [2.24, 2.45) is 0 Å². The Labute approximate surface area is 171 Å². The molecule has 9 heteroatoms. The van der Waals surface area contributed by atoms with Crippen LogP contribution in [0.4, 0.5) is 11.4 Å². The lowest BCUT2D eigenvalue weighted by Gasteiger charge is -2.12. The zero-order valence-electron chi connectivity index (χ0n) is 16.2. The van der Waals surface area contributed by atoms with E-state index in [0.717, 1.165) is 5.39 Å². The fraction of sp³-hybridized carbons (Fsp3) is 0.143. The van der Waals surface area contributed by atoms with Gasteiger partial charge in [-0.15, -0.1) is 0 Å². The van der Waals surface area contributed by atoms with E-state index in [1.807, 2.05) is 0 Å². The van der Waals surface area contributed by atoms with Crippen molar-refractivity contribution >= 4 is 34.0 Å². The number of nitro groups is 1. The number of carbonyl (C=O) groups excluding carboxylic acids is 2. The second-order valence-corrected chi connectivity index (χ2v) is 6.40. The van der Waals surface area contributed by atoms with E-state index in [4.69, 9.17) is 9.47 Å². The highest BCUT2D eigenvalue weighted by atomic mass is 16.6. The Kier molecular flexibility index (Phi) is 5.82. The summed E-state index contributed by atoms with van der Waals surface area (Å²) in [6.07, 6.45) is 0. The molecule has 0 aromatic heterocycles. The molecule has 9 nitrogen and oxygen atoms in total. The van der Waals surface area contributed by atoms with E-state index >= 15 is 0 Å². The zero-order valence-corrected chi connectivity index (χ0v) is 16.2. The Bertz CT molecular complexity index is 1160. The van der Waals surface area contributed by atoms with Crippen molar-refractivity contribution in [3.8, 4) is 11.5 Å². The Balaban J connectivity index is 1.70. The highest BCUT2D eigenvalue weighted by molar-refractivity contribution is 6.02. The highest BCUT2D eigenvalue weighted by Gasteiger charge is 2.20. The van der Waals surface area contributed by atoms with E-state index in [9.17, 15) is 24.8 Å². The number of fused-ring (bicyclic) bond motifs is 1. The molecule has 0 radical (unpaired) electrons. The number of carbonyl (C=O) groups is 2. The van der Waals surface area contributed by atoms with Crippen LogP contribution in [0.1, 0.15) is 15.9 Å². The van der Waals surface area contributed by atoms with Gasteiger partial charge in [-0.25, -0.2) is 4.79 Å². The standard InChI is InChI=1S/C21H18N2O7/c1-12-9-17(23(27)28)18(29-2)10-16(12)22-19(24)11-30-21(26)15-8-7-13-5-3-4-6-14(13)20(15)25/h3-10,25H,11H2,1-2H3,(H,22,24). The fourth-order valence-electron chi connectivity index (χ4n) is 2.93. The summed E-state index contributed by atoms with van der Waals surface area (Å²) in [4.78, 5) is 34.9. The molecule has 0 heterocycles. The number of esters is 1. The molecule has 3 aromatic carbocycles. The summed E-state index contributed by atoms with van der Waals surface area (Å²) in [5.74, 6) is -1.75. The van der Waals surface area contributed by atoms with Gasteiger partial charge in [0, 0.05) is 23.2 Å². The maximum atomic E-state index is 12.3. The van der Waals surface area contributed by atoms with E-state index in [-0.39, 0.29) is 28.4 Å². The van der Waals surface area contributed by atoms with Crippen molar-refractivity contribution in [1.29, 1.82) is 0 Å². The van der Waals surface area contributed by atoms with Crippen molar-refractivity contribution in [3.63, 3.8) is 0 Å². The molecule has 154 valence electrons. The number of hydrogen-bond donors (Lipinski definition) is 2. The lowest BCUT2D eigenvalue weighted by atomic mass is 10.1. The molecule has 0 aliphatic rings. The van der Waals surface area contributed by atoms with Crippen LogP contribution in [0, 0.1) is 17.0 Å². The average molecular weight is 410 g/mol. The third kappa shape index (κ3) is 4.14. The first-order valence-electron chi connectivity index (χ1n) is 8.82. The molecule has 0 aliphatic carbocycles. The average Bonchev–Trinajstić information content (AvgIpc) is 2.73. The first kappa shape index (κ1) is 20.6. The molecule has 0 saturated heterocycles. The Hall–Kier alpha value is -4.14. The van der Waals surface area contributed by atoms with Gasteiger partial charge in [0.05, 0.1) is 12.0 Å². The molecular weight excluding hydrogens is 392 g/mol. The number of phenolic OH excluding ortho intramolecular Hbond substituents is 1. The van der Waals surface area contributed by atoms with Crippen molar-refractivity contribution in [3.05, 3.63) is 69.8 Å². The van der Waals surface area contributed by atoms with Gasteiger partial charge in [-0.05, 0) is 23.9 Å². The smallest absolute Gasteiger partial charge is 0.342 e. The van der Waals surface area contributed by atoms with Crippen LogP contribution in [0.25, 0.3) is 10.8 Å². The Morgan fingerprint density at radius 3 is 2.60 bits per heavy atom. The van der Waals surface area contributed by atoms with Gasteiger partial charge in [0.15, 0.2) is 12.4 Å². The molecule has 0 saturated carbocycles. The van der Waals surface area contributed by atoms with Crippen LogP contribution in [0.5, 0.6) is 11.5 Å². The van der Waals surface area contributed by atoms with Crippen LogP contribution in [-0.2, 0) is 9.53 Å². The van der Waals surface area contributed by atoms with Gasteiger partial charge in [0.1, 0.15) is 11.3 Å². The molecule has 0 atom stereocenters. The molecule has 2 N–H and O–H groups in total. The molecular formula is C21H18N2O7. The second kappa shape index (κ2) is 8.48. The predicted molar refractivity (Wildman–Crippen MR) is 109 cm³/mol. The SMILES string of the molecule is COc1cc(NC(=O)COC(=O)c2ccc3ccccc3c2O)c(C)cc1[N+](=O)[O-]. The monoisotopic (exact) mass is 410 g/mol. The topological polar surface area (TPSA) is 128 Å². The van der Waals surface area contributed by atoms with E-state index in [1.165, 1.54) is 25.3 Å². The third-order valence-corrected chi connectivity index (χ3v) is 4.45. The number of aryl methyl sites for hydroxylation is 1. The van der Waals surface area contributed by atoms with Crippen LogP contribution in [-0.4, -0.2) is 35.6 Å². The van der Waals surface area contributed by atoms with Crippen LogP contribution in [0.15, 0.2) is 48.5 Å². The summed E-state index contributed by atoms with van der Waals surface area (Å²) in [6.45, 7) is 0.977. The molecule has 3 aromatic rings. The van der Waals surface area contributed by atoms with Crippen LogP contribution < -0.4 is 10.1 Å². The number of nitrogens with one attached hydrogen (secondary N) is 1. The van der Waals surface area contributed by atoms with Gasteiger partial charge in [-0.2, -0.15) is 0 Å². The van der Waals surface area contributed by atoms with Crippen molar-refractivity contribution in [1.82, 2.24) is 0 Å². The maximum absolute atomic E-state index is 12.3. The summed E-state index contributed by atoms with van der Waals surface area (Å²) in [5.41, 5.74) is 0.433. The predicted octanol–water partition coefficient (Wildman–Crippen LogP) is 3.57. The lowest BCUT2D eigenvalue weighted by molar-refractivity contribution is -0.385. The molecule has 0 bridgehead atoms. The first-order chi connectivity index (χ1) is 14.3. The van der Waals surface area contributed by atoms with E-state index in [2.05, 4.69) is 5.32 Å². The number of aromatic hydroxyl groups is 1. The quantitative estimate of drug-likeness (QED) is 0.361. The van der Waals surface area contributed by atoms with Crippen LogP contribution in [0.2, 0.25) is 0 Å². The van der Waals surface area contributed by atoms with Crippen LogP contribution in [0.3, 0.4) is 0 Å². The van der Waals surface area contributed by atoms with Gasteiger partial charge in [0.25, 0.3) is 5.91 Å². The number of rotatable bonds is 6. The summed E-state index contributed by atoms with van der Waals surface area (Å²) in [5, 5.41) is 25.1. The minimum Gasteiger partial charge on any atom is -0.506 e. The summed E-state index contributed by atoms with van der Waals surface area (Å²) in [7, 11) is 1.28. The minimum absolute atomic E-state index is 0.0148. The van der Waals surface area contributed by atoms with Crippen molar-refractivity contribution in [2.75, 3.05) is 19.0 Å². The first-order valence-corrected chi connectivity index (χ1v) is 8.82. The highest BCUT2D eigenvalue weighted by Crippen LogP contribution is 2.33. The number of phenols is 1. The Morgan fingerprint density at radius 1 is 1.17 bits per heavy atom. The van der Waals surface area contributed by atoms with Crippen LogP contribution >= 0.6 is 0 Å². The molecule has 0 unspecified atom stereocenters. The molecule has 0 aliphatic heterocycles. The number of amides is 1. The molecule has 0 spiro atoms. The molecule has 30 heavy (non-hydrogen) atoms. The summed E-state index contributed by atoms with van der Waals surface area (Å²) >= 11 is 0. The largest absolute Gasteiger partial charge is 0.506 e.